The van der Waals surface area contributed by atoms with Gasteiger partial charge >= 0.3 is 11.7 Å². The van der Waals surface area contributed by atoms with Crippen molar-refractivity contribution in [3.8, 4) is 17.4 Å². The third-order valence-electron chi connectivity index (χ3n) is 2.20. The Hall–Kier alpha value is -2.24. The van der Waals surface area contributed by atoms with Crippen LogP contribution in [0.25, 0.3) is 5.69 Å². The maximum absolute atomic E-state index is 11.8. The molecule has 2 aromatic rings. The minimum Gasteiger partial charge on any atom is -0.506 e. The summed E-state index contributed by atoms with van der Waals surface area (Å²) in [4.78, 5) is 11.8. The van der Waals surface area contributed by atoms with Crippen molar-refractivity contribution in [2.45, 2.75) is 0 Å². The zero-order valence-electron chi connectivity index (χ0n) is 8.91. The number of benzene rings is 1. The minimum atomic E-state index is -0.377. The van der Waals surface area contributed by atoms with Gasteiger partial charge in [-0.1, -0.05) is 12.1 Å². The molecule has 84 valence electrons. The highest BCUT2D eigenvalue weighted by atomic mass is 16.5. The van der Waals surface area contributed by atoms with E-state index in [4.69, 9.17) is 4.74 Å². The van der Waals surface area contributed by atoms with Gasteiger partial charge in [-0.05, 0) is 12.1 Å². The highest BCUT2D eigenvalue weighted by Gasteiger charge is 2.15. The predicted molar refractivity (Wildman–Crippen MR) is 57.0 cm³/mol. The lowest BCUT2D eigenvalue weighted by atomic mass is 10.3. The summed E-state index contributed by atoms with van der Waals surface area (Å²) in [6.45, 7) is 0. The molecule has 16 heavy (non-hydrogen) atoms. The summed E-state index contributed by atoms with van der Waals surface area (Å²) in [5.41, 5.74) is -0.0317. The van der Waals surface area contributed by atoms with Crippen molar-refractivity contribution in [3.05, 3.63) is 34.7 Å². The molecule has 0 aliphatic carbocycles. The molecule has 0 bridgehead atoms. The Balaban J connectivity index is 2.73. The second-order valence-corrected chi connectivity index (χ2v) is 3.22. The number of methoxy groups -OCH3 is 1. The van der Waals surface area contributed by atoms with Crippen LogP contribution >= 0.6 is 0 Å². The van der Waals surface area contributed by atoms with Crippen LogP contribution in [-0.2, 0) is 7.05 Å². The van der Waals surface area contributed by atoms with E-state index in [1.54, 1.807) is 18.2 Å². The molecule has 1 heterocycles. The molecule has 0 atom stereocenters. The number of aromatic hydroxyl groups is 1. The van der Waals surface area contributed by atoms with E-state index in [1.807, 2.05) is 0 Å². The van der Waals surface area contributed by atoms with Gasteiger partial charge in [-0.2, -0.15) is 0 Å². The average Bonchev–Trinajstić information content (AvgIpc) is 2.56. The molecule has 0 unspecified atom stereocenters. The standard InChI is InChI=1S/C10H11N3O3/c1-12-10(15)13(9(11-12)16-2)7-5-3-4-6-8(7)14/h3-6,14H,1-2H3. The molecular weight excluding hydrogens is 210 g/mol. The van der Waals surface area contributed by atoms with Gasteiger partial charge in [-0.3, -0.25) is 0 Å². The first kappa shape index (κ1) is 10.3. The molecule has 6 heteroatoms. The molecule has 0 saturated heterocycles. The van der Waals surface area contributed by atoms with Crippen LogP contribution in [0.15, 0.2) is 29.1 Å². The molecule has 1 aromatic carbocycles. The van der Waals surface area contributed by atoms with E-state index < -0.39 is 0 Å². The molecule has 0 saturated carbocycles. The molecule has 0 aliphatic heterocycles. The maximum atomic E-state index is 11.8. The predicted octanol–water partition coefficient (Wildman–Crippen LogP) is 0.285. The molecule has 0 spiro atoms. The fourth-order valence-electron chi connectivity index (χ4n) is 1.43. The molecule has 0 radical (unpaired) electrons. The van der Waals surface area contributed by atoms with Gasteiger partial charge in [0.15, 0.2) is 0 Å². The van der Waals surface area contributed by atoms with E-state index in [-0.39, 0.29) is 17.4 Å². The van der Waals surface area contributed by atoms with Gasteiger partial charge in [0.2, 0.25) is 0 Å². The Kier molecular flexibility index (Phi) is 2.40. The van der Waals surface area contributed by atoms with Crippen molar-refractivity contribution < 1.29 is 9.84 Å². The van der Waals surface area contributed by atoms with Gasteiger partial charge in [0.05, 0.1) is 12.8 Å². The van der Waals surface area contributed by atoms with Crippen LogP contribution in [0.1, 0.15) is 0 Å². The van der Waals surface area contributed by atoms with Crippen LogP contribution < -0.4 is 10.4 Å². The number of aryl methyl sites for hydroxylation is 1. The number of aromatic nitrogens is 3. The van der Waals surface area contributed by atoms with Crippen molar-refractivity contribution in [1.82, 2.24) is 14.3 Å². The fourth-order valence-corrected chi connectivity index (χ4v) is 1.43. The molecule has 6 nitrogen and oxygen atoms in total. The largest absolute Gasteiger partial charge is 0.506 e. The first-order chi connectivity index (χ1) is 7.65. The quantitative estimate of drug-likeness (QED) is 0.791. The number of hydrogen-bond donors (Lipinski definition) is 1. The third kappa shape index (κ3) is 1.44. The first-order valence-corrected chi connectivity index (χ1v) is 4.63. The summed E-state index contributed by atoms with van der Waals surface area (Å²) < 4.78 is 7.32. The summed E-state index contributed by atoms with van der Waals surface area (Å²) >= 11 is 0. The van der Waals surface area contributed by atoms with Gasteiger partial charge in [-0.25, -0.2) is 14.0 Å². The van der Waals surface area contributed by atoms with E-state index in [1.165, 1.54) is 24.8 Å². The molecule has 0 fully saturated rings. The van der Waals surface area contributed by atoms with Crippen molar-refractivity contribution in [2.24, 2.45) is 7.05 Å². The second kappa shape index (κ2) is 3.73. The van der Waals surface area contributed by atoms with Gasteiger partial charge in [0, 0.05) is 7.05 Å². The number of nitrogens with zero attached hydrogens (tertiary/aromatic N) is 3. The van der Waals surface area contributed by atoms with E-state index in [2.05, 4.69) is 5.10 Å². The average molecular weight is 221 g/mol. The van der Waals surface area contributed by atoms with Crippen LogP contribution in [0.4, 0.5) is 0 Å². The number of phenolic OH excluding ortho intramolecular Hbond substituents is 1. The zero-order valence-corrected chi connectivity index (χ0v) is 8.91. The van der Waals surface area contributed by atoms with E-state index in [0.29, 0.717) is 5.69 Å². The lowest BCUT2D eigenvalue weighted by Gasteiger charge is -2.05. The van der Waals surface area contributed by atoms with Crippen molar-refractivity contribution >= 4 is 0 Å². The van der Waals surface area contributed by atoms with Crippen LogP contribution in [0.5, 0.6) is 11.8 Å². The van der Waals surface area contributed by atoms with Gasteiger partial charge < -0.3 is 9.84 Å². The van der Waals surface area contributed by atoms with E-state index >= 15 is 0 Å². The van der Waals surface area contributed by atoms with Crippen molar-refractivity contribution in [3.63, 3.8) is 0 Å². The van der Waals surface area contributed by atoms with Crippen LogP contribution in [-0.4, -0.2) is 26.6 Å². The van der Waals surface area contributed by atoms with Gasteiger partial charge in [0.1, 0.15) is 5.75 Å². The third-order valence-corrected chi connectivity index (χ3v) is 2.20. The topological polar surface area (TPSA) is 69.3 Å². The lowest BCUT2D eigenvalue weighted by Crippen LogP contribution is -2.21. The Morgan fingerprint density at radius 2 is 2.06 bits per heavy atom. The summed E-state index contributed by atoms with van der Waals surface area (Å²) in [6.07, 6.45) is 0. The van der Waals surface area contributed by atoms with Gasteiger partial charge in [0.25, 0.3) is 0 Å². The molecule has 1 aromatic heterocycles. The van der Waals surface area contributed by atoms with Crippen molar-refractivity contribution in [2.75, 3.05) is 7.11 Å². The lowest BCUT2D eigenvalue weighted by molar-refractivity contribution is 0.366. The van der Waals surface area contributed by atoms with Crippen LogP contribution in [0.3, 0.4) is 0 Å². The molecule has 2 rings (SSSR count). The Morgan fingerprint density at radius 3 is 2.69 bits per heavy atom. The summed E-state index contributed by atoms with van der Waals surface area (Å²) in [5.74, 6) is -0.00380. The second-order valence-electron chi connectivity index (χ2n) is 3.22. The Morgan fingerprint density at radius 1 is 1.38 bits per heavy atom. The number of rotatable bonds is 2. The number of phenols is 1. The number of hydrogen-bond acceptors (Lipinski definition) is 4. The molecule has 0 aliphatic rings. The van der Waals surface area contributed by atoms with E-state index in [0.717, 1.165) is 4.68 Å². The summed E-state index contributed by atoms with van der Waals surface area (Å²) in [5, 5.41) is 13.5. The molecular formula is C10H11N3O3. The summed E-state index contributed by atoms with van der Waals surface area (Å²) in [7, 11) is 2.93. The zero-order chi connectivity index (χ0) is 11.7. The SMILES string of the molecule is COc1nn(C)c(=O)n1-c1ccccc1O. The van der Waals surface area contributed by atoms with Crippen LogP contribution in [0, 0.1) is 0 Å². The fraction of sp³-hybridized carbons (Fsp3) is 0.200. The monoisotopic (exact) mass is 221 g/mol. The maximum Gasteiger partial charge on any atom is 0.353 e. The summed E-state index contributed by atoms with van der Waals surface area (Å²) in [6, 6.07) is 6.63. The first-order valence-electron chi connectivity index (χ1n) is 4.63. The number of para-hydroxylation sites is 2. The van der Waals surface area contributed by atoms with E-state index in [9.17, 15) is 9.90 Å². The Labute approximate surface area is 91.3 Å². The Bertz CT molecular complexity index is 571. The number of ether oxygens (including phenoxy) is 1. The molecule has 1 N–H and O–H groups in total. The van der Waals surface area contributed by atoms with Crippen molar-refractivity contribution in [1.29, 1.82) is 0 Å². The highest BCUT2D eigenvalue weighted by molar-refractivity contribution is 5.46. The van der Waals surface area contributed by atoms with Gasteiger partial charge in [-0.15, -0.1) is 5.10 Å². The smallest absolute Gasteiger partial charge is 0.353 e. The molecule has 0 amide bonds. The normalized spacial score (nSPS) is 10.4. The highest BCUT2D eigenvalue weighted by Crippen LogP contribution is 2.22. The minimum absolute atomic E-state index is 0.00380. The van der Waals surface area contributed by atoms with Crippen LogP contribution in [0.2, 0.25) is 0 Å².